The van der Waals surface area contributed by atoms with E-state index < -0.39 is 11.9 Å². The van der Waals surface area contributed by atoms with Gasteiger partial charge in [0.2, 0.25) is 5.88 Å². The van der Waals surface area contributed by atoms with E-state index in [2.05, 4.69) is 9.97 Å². The number of nitrogens with zero attached hydrogens (tertiary/aromatic N) is 3. The normalized spacial score (nSPS) is 17.9. The van der Waals surface area contributed by atoms with E-state index in [1.807, 2.05) is 13.8 Å². The Morgan fingerprint density at radius 1 is 1.46 bits per heavy atom. The van der Waals surface area contributed by atoms with Crippen molar-refractivity contribution in [3.05, 3.63) is 16.8 Å². The molecule has 0 aliphatic carbocycles. The molecule has 1 saturated heterocycles. The molecular formula is C16H19N3O4S. The third-order valence-corrected chi connectivity index (χ3v) is 5.41. The quantitative estimate of drug-likeness (QED) is 0.911. The van der Waals surface area contributed by atoms with Crippen molar-refractivity contribution in [3.63, 3.8) is 0 Å². The van der Waals surface area contributed by atoms with E-state index in [-0.39, 0.29) is 12.5 Å². The van der Waals surface area contributed by atoms with Gasteiger partial charge in [-0.25, -0.2) is 9.97 Å². The molecule has 7 nitrogen and oxygen atoms in total. The molecule has 0 bridgehead atoms. The molecule has 1 atom stereocenters. The van der Waals surface area contributed by atoms with Crippen LogP contribution in [0.5, 0.6) is 5.88 Å². The summed E-state index contributed by atoms with van der Waals surface area (Å²) in [6.07, 6.45) is 2.75. The standard InChI is InChI=1S/C16H19N3O4S/c1-3-23-13-11-9(2)12(24-14(11)18-8-17-13)15(20)19-6-4-5-10(7-19)16(21)22/h8,10H,3-7H2,1-2H3,(H,21,22). The first-order chi connectivity index (χ1) is 11.5. The van der Waals surface area contributed by atoms with Crippen molar-refractivity contribution in [2.75, 3.05) is 19.7 Å². The summed E-state index contributed by atoms with van der Waals surface area (Å²) < 4.78 is 5.54. The van der Waals surface area contributed by atoms with Crippen LogP contribution in [0.15, 0.2) is 6.33 Å². The summed E-state index contributed by atoms with van der Waals surface area (Å²) in [5.74, 6) is -0.984. The predicted molar refractivity (Wildman–Crippen MR) is 89.6 cm³/mol. The van der Waals surface area contributed by atoms with Crippen molar-refractivity contribution in [1.29, 1.82) is 0 Å². The number of carbonyl (C=O) groups excluding carboxylic acids is 1. The lowest BCUT2D eigenvalue weighted by Gasteiger charge is -2.30. The minimum absolute atomic E-state index is 0.135. The molecule has 1 unspecified atom stereocenters. The number of hydrogen-bond donors (Lipinski definition) is 1. The van der Waals surface area contributed by atoms with E-state index in [1.54, 1.807) is 4.90 Å². The van der Waals surface area contributed by atoms with E-state index in [0.29, 0.717) is 41.6 Å². The molecular weight excluding hydrogens is 330 g/mol. The van der Waals surface area contributed by atoms with Crippen molar-refractivity contribution in [3.8, 4) is 5.88 Å². The number of carboxylic acids is 1. The van der Waals surface area contributed by atoms with Gasteiger partial charge in [-0.05, 0) is 32.3 Å². The van der Waals surface area contributed by atoms with Crippen LogP contribution in [-0.4, -0.2) is 51.5 Å². The van der Waals surface area contributed by atoms with Crippen LogP contribution in [0.25, 0.3) is 10.2 Å². The number of thiophene rings is 1. The molecule has 0 saturated carbocycles. The van der Waals surface area contributed by atoms with E-state index in [9.17, 15) is 14.7 Å². The number of rotatable bonds is 4. The smallest absolute Gasteiger partial charge is 0.308 e. The fraction of sp³-hybridized carbons (Fsp3) is 0.500. The van der Waals surface area contributed by atoms with Gasteiger partial charge in [0.1, 0.15) is 11.2 Å². The molecule has 3 heterocycles. The highest BCUT2D eigenvalue weighted by molar-refractivity contribution is 7.20. The Labute approximate surface area is 143 Å². The van der Waals surface area contributed by atoms with Crippen LogP contribution >= 0.6 is 11.3 Å². The fourth-order valence-corrected chi connectivity index (χ4v) is 4.10. The summed E-state index contributed by atoms with van der Waals surface area (Å²) in [4.78, 5) is 35.4. The van der Waals surface area contributed by atoms with Crippen LogP contribution < -0.4 is 4.74 Å². The van der Waals surface area contributed by atoms with Gasteiger partial charge in [-0.15, -0.1) is 11.3 Å². The zero-order chi connectivity index (χ0) is 17.3. The maximum atomic E-state index is 12.9. The molecule has 128 valence electrons. The Hall–Kier alpha value is -2.22. The number of hydrogen-bond acceptors (Lipinski definition) is 6. The van der Waals surface area contributed by atoms with Gasteiger partial charge in [0.25, 0.3) is 5.91 Å². The average Bonchev–Trinajstić information content (AvgIpc) is 2.92. The number of aromatic nitrogens is 2. The minimum atomic E-state index is -0.843. The zero-order valence-corrected chi connectivity index (χ0v) is 14.4. The molecule has 2 aromatic rings. The molecule has 2 aromatic heterocycles. The van der Waals surface area contributed by atoms with E-state index in [0.717, 1.165) is 10.9 Å². The zero-order valence-electron chi connectivity index (χ0n) is 13.6. The van der Waals surface area contributed by atoms with Gasteiger partial charge >= 0.3 is 5.97 Å². The van der Waals surface area contributed by atoms with Gasteiger partial charge in [0.15, 0.2) is 0 Å². The number of aryl methyl sites for hydroxylation is 1. The summed E-state index contributed by atoms with van der Waals surface area (Å²) in [6, 6.07) is 0. The molecule has 1 aliphatic rings. The summed E-state index contributed by atoms with van der Waals surface area (Å²) in [5.41, 5.74) is 0.793. The number of amides is 1. The van der Waals surface area contributed by atoms with E-state index in [4.69, 9.17) is 4.74 Å². The average molecular weight is 349 g/mol. The van der Waals surface area contributed by atoms with Gasteiger partial charge in [-0.2, -0.15) is 0 Å². The van der Waals surface area contributed by atoms with E-state index >= 15 is 0 Å². The number of aliphatic carboxylic acids is 1. The lowest BCUT2D eigenvalue weighted by Crippen LogP contribution is -2.42. The number of carboxylic acid groups (broad SMARTS) is 1. The van der Waals surface area contributed by atoms with Crippen LogP contribution in [0.4, 0.5) is 0 Å². The summed E-state index contributed by atoms with van der Waals surface area (Å²) in [7, 11) is 0. The molecule has 0 aromatic carbocycles. The molecule has 1 aliphatic heterocycles. The molecule has 1 fully saturated rings. The first-order valence-electron chi connectivity index (χ1n) is 7.91. The SMILES string of the molecule is CCOc1ncnc2sc(C(=O)N3CCCC(C(=O)O)C3)c(C)c12. The molecule has 24 heavy (non-hydrogen) atoms. The van der Waals surface area contributed by atoms with Crippen molar-refractivity contribution in [2.45, 2.75) is 26.7 Å². The monoisotopic (exact) mass is 349 g/mol. The summed E-state index contributed by atoms with van der Waals surface area (Å²) in [5, 5.41) is 9.97. The topological polar surface area (TPSA) is 92.6 Å². The second-order valence-electron chi connectivity index (χ2n) is 5.78. The Morgan fingerprint density at radius 2 is 2.25 bits per heavy atom. The van der Waals surface area contributed by atoms with Crippen molar-refractivity contribution >= 4 is 33.4 Å². The third kappa shape index (κ3) is 2.93. The molecule has 1 N–H and O–H groups in total. The summed E-state index contributed by atoms with van der Waals surface area (Å²) >= 11 is 1.31. The fourth-order valence-electron chi connectivity index (χ4n) is 3.00. The Bertz CT molecular complexity index is 789. The van der Waals surface area contributed by atoms with Gasteiger partial charge in [-0.1, -0.05) is 0 Å². The lowest BCUT2D eigenvalue weighted by atomic mass is 9.98. The minimum Gasteiger partial charge on any atom is -0.481 e. The maximum absolute atomic E-state index is 12.9. The number of ether oxygens (including phenoxy) is 1. The highest BCUT2D eigenvalue weighted by atomic mass is 32.1. The molecule has 3 rings (SSSR count). The molecule has 1 amide bonds. The Morgan fingerprint density at radius 3 is 2.96 bits per heavy atom. The van der Waals surface area contributed by atoms with Crippen LogP contribution in [-0.2, 0) is 4.79 Å². The second-order valence-corrected chi connectivity index (χ2v) is 6.78. The molecule has 8 heteroatoms. The van der Waals surface area contributed by atoms with Crippen LogP contribution in [0.1, 0.15) is 35.0 Å². The number of fused-ring (bicyclic) bond motifs is 1. The first-order valence-corrected chi connectivity index (χ1v) is 8.73. The summed E-state index contributed by atoms with van der Waals surface area (Å²) in [6.45, 7) is 5.06. The van der Waals surface area contributed by atoms with Gasteiger partial charge in [0, 0.05) is 13.1 Å². The maximum Gasteiger partial charge on any atom is 0.308 e. The largest absolute Gasteiger partial charge is 0.481 e. The highest BCUT2D eigenvalue weighted by Crippen LogP contribution is 2.35. The number of piperidine rings is 1. The number of carbonyl (C=O) groups is 2. The van der Waals surface area contributed by atoms with Crippen molar-refractivity contribution < 1.29 is 19.4 Å². The molecule has 0 spiro atoms. The molecule has 0 radical (unpaired) electrons. The second kappa shape index (κ2) is 6.72. The predicted octanol–water partition coefficient (Wildman–Crippen LogP) is 2.34. The Balaban J connectivity index is 1.94. The van der Waals surface area contributed by atoms with Crippen molar-refractivity contribution in [2.24, 2.45) is 5.92 Å². The lowest BCUT2D eigenvalue weighted by molar-refractivity contribution is -0.143. The first kappa shape index (κ1) is 16.6. The third-order valence-electron chi connectivity index (χ3n) is 4.23. The van der Waals surface area contributed by atoms with Gasteiger partial charge in [0.05, 0.1) is 22.8 Å². The Kier molecular flexibility index (Phi) is 4.66. The van der Waals surface area contributed by atoms with E-state index in [1.165, 1.54) is 17.7 Å². The van der Waals surface area contributed by atoms with Gasteiger partial charge in [-0.3, -0.25) is 9.59 Å². The van der Waals surface area contributed by atoms with Crippen LogP contribution in [0.3, 0.4) is 0 Å². The van der Waals surface area contributed by atoms with Gasteiger partial charge < -0.3 is 14.7 Å². The van der Waals surface area contributed by atoms with Crippen molar-refractivity contribution in [1.82, 2.24) is 14.9 Å². The highest BCUT2D eigenvalue weighted by Gasteiger charge is 2.31. The van der Waals surface area contributed by atoms with Crippen LogP contribution in [0, 0.1) is 12.8 Å². The number of likely N-dealkylation sites (tertiary alicyclic amines) is 1. The van der Waals surface area contributed by atoms with Crippen LogP contribution in [0.2, 0.25) is 0 Å².